The number of methoxy groups -OCH3 is 1. The Kier molecular flexibility index (Phi) is 6.24. The fourth-order valence-electron chi connectivity index (χ4n) is 2.76. The number of hydrogen-bond acceptors (Lipinski definition) is 5. The molecule has 0 bridgehead atoms. The second-order valence-electron chi connectivity index (χ2n) is 7.07. The van der Waals surface area contributed by atoms with Crippen molar-refractivity contribution in [3.05, 3.63) is 54.1 Å². The third-order valence-electron chi connectivity index (χ3n) is 4.83. The van der Waals surface area contributed by atoms with Crippen molar-refractivity contribution >= 4 is 52.4 Å². The third-order valence-corrected chi connectivity index (χ3v) is 5.93. The van der Waals surface area contributed by atoms with E-state index in [4.69, 9.17) is 32.7 Å². The Hall–Kier alpha value is -2.77. The number of amides is 2. The summed E-state index contributed by atoms with van der Waals surface area (Å²) >= 11 is 11.8. The number of rotatable bonds is 7. The minimum absolute atomic E-state index is 0.280. The van der Waals surface area contributed by atoms with E-state index in [0.29, 0.717) is 22.7 Å². The topological polar surface area (TPSA) is 93.7 Å². The van der Waals surface area contributed by atoms with Gasteiger partial charge in [-0.2, -0.15) is 0 Å². The van der Waals surface area contributed by atoms with Crippen LogP contribution >= 0.6 is 23.2 Å². The van der Waals surface area contributed by atoms with Gasteiger partial charge in [0.25, 0.3) is 11.8 Å². The average molecular weight is 451 g/mol. The Morgan fingerprint density at radius 1 is 1.03 bits per heavy atom. The molecule has 2 aromatic carbocycles. The van der Waals surface area contributed by atoms with Gasteiger partial charge in [-0.1, -0.05) is 12.1 Å². The maximum atomic E-state index is 12.4. The first kappa shape index (κ1) is 21.9. The van der Waals surface area contributed by atoms with Crippen molar-refractivity contribution in [3.8, 4) is 5.75 Å². The second kappa shape index (κ2) is 8.53. The number of benzene rings is 2. The molecule has 0 aromatic heterocycles. The minimum Gasteiger partial charge on any atom is -0.495 e. The van der Waals surface area contributed by atoms with Gasteiger partial charge in [0.1, 0.15) is 15.5 Å². The maximum absolute atomic E-state index is 12.4. The van der Waals surface area contributed by atoms with Crippen LogP contribution in [0.3, 0.4) is 0 Å². The highest BCUT2D eigenvalue weighted by molar-refractivity contribution is 6.53. The van der Waals surface area contributed by atoms with E-state index in [2.05, 4.69) is 10.6 Å². The van der Waals surface area contributed by atoms with E-state index in [9.17, 15) is 14.4 Å². The van der Waals surface area contributed by atoms with Gasteiger partial charge in [0.15, 0.2) is 6.61 Å². The van der Waals surface area contributed by atoms with Crippen molar-refractivity contribution < 1.29 is 23.9 Å². The molecule has 3 rings (SSSR count). The van der Waals surface area contributed by atoms with Gasteiger partial charge in [-0.3, -0.25) is 14.4 Å². The van der Waals surface area contributed by atoms with Crippen LogP contribution in [0.2, 0.25) is 0 Å². The van der Waals surface area contributed by atoms with Crippen LogP contribution in [-0.4, -0.2) is 35.8 Å². The molecule has 1 aliphatic rings. The van der Waals surface area contributed by atoms with E-state index in [1.54, 1.807) is 55.5 Å². The molecule has 1 aliphatic carbocycles. The van der Waals surface area contributed by atoms with Crippen molar-refractivity contribution in [2.75, 3.05) is 24.4 Å². The van der Waals surface area contributed by atoms with Gasteiger partial charge >= 0.3 is 5.97 Å². The summed E-state index contributed by atoms with van der Waals surface area (Å²) in [6.45, 7) is 1.12. The molecule has 2 aromatic rings. The first-order valence-corrected chi connectivity index (χ1v) is 9.81. The van der Waals surface area contributed by atoms with Gasteiger partial charge in [-0.25, -0.2) is 0 Å². The summed E-state index contributed by atoms with van der Waals surface area (Å²) in [5.41, 5.74) is 0.401. The van der Waals surface area contributed by atoms with Crippen LogP contribution in [0.1, 0.15) is 23.7 Å². The summed E-state index contributed by atoms with van der Waals surface area (Å²) in [5.74, 6) is -0.917. The molecule has 2 N–H and O–H groups in total. The van der Waals surface area contributed by atoms with E-state index in [1.165, 1.54) is 7.11 Å². The molecule has 0 radical (unpaired) electrons. The second-order valence-corrected chi connectivity index (χ2v) is 8.55. The molecular weight excluding hydrogens is 431 g/mol. The van der Waals surface area contributed by atoms with Gasteiger partial charge in [0.2, 0.25) is 0 Å². The van der Waals surface area contributed by atoms with Gasteiger partial charge < -0.3 is 20.1 Å². The lowest BCUT2D eigenvalue weighted by molar-refractivity contribution is -0.152. The standard InChI is InChI=1S/C21H20Cl2N2O5/c1-20(12-21(20,22)23)19(28)30-11-17(26)24-14-9-7-13(8-10-14)18(27)25-15-5-3-4-6-16(15)29-2/h3-10H,11-12H2,1-2H3,(H,24,26)(H,25,27)/t20-/m0/s1. The lowest BCUT2D eigenvalue weighted by Crippen LogP contribution is -2.26. The van der Waals surface area contributed by atoms with Crippen molar-refractivity contribution in [1.29, 1.82) is 0 Å². The zero-order valence-electron chi connectivity index (χ0n) is 16.3. The van der Waals surface area contributed by atoms with Gasteiger partial charge in [-0.15, -0.1) is 23.2 Å². The lowest BCUT2D eigenvalue weighted by atomic mass is 10.1. The van der Waals surface area contributed by atoms with Gasteiger partial charge in [-0.05, 0) is 43.3 Å². The largest absolute Gasteiger partial charge is 0.495 e. The van der Waals surface area contributed by atoms with Crippen molar-refractivity contribution in [3.63, 3.8) is 0 Å². The highest BCUT2D eigenvalue weighted by Crippen LogP contribution is 2.64. The van der Waals surface area contributed by atoms with Crippen LogP contribution in [0.15, 0.2) is 48.5 Å². The lowest BCUT2D eigenvalue weighted by Gasteiger charge is -2.12. The van der Waals surface area contributed by atoms with Crippen molar-refractivity contribution in [2.45, 2.75) is 17.7 Å². The molecule has 0 spiro atoms. The number of carbonyl (C=O) groups excluding carboxylic acids is 3. The molecule has 30 heavy (non-hydrogen) atoms. The molecule has 1 fully saturated rings. The number of hydrogen-bond donors (Lipinski definition) is 2. The third kappa shape index (κ3) is 4.68. The van der Waals surface area contributed by atoms with Crippen LogP contribution in [0.5, 0.6) is 5.75 Å². The first-order valence-electron chi connectivity index (χ1n) is 9.05. The molecule has 1 atom stereocenters. The Morgan fingerprint density at radius 3 is 2.27 bits per heavy atom. The van der Waals surface area contributed by atoms with Crippen LogP contribution in [0.4, 0.5) is 11.4 Å². The minimum atomic E-state index is -1.15. The summed E-state index contributed by atoms with van der Waals surface area (Å²) in [5, 5.41) is 5.36. The Balaban J connectivity index is 1.52. The van der Waals surface area contributed by atoms with Gasteiger partial charge in [0, 0.05) is 17.7 Å². The fourth-order valence-corrected chi connectivity index (χ4v) is 3.44. The molecule has 0 aliphatic heterocycles. The van der Waals surface area contributed by atoms with E-state index in [1.807, 2.05) is 0 Å². The average Bonchev–Trinajstić information content (AvgIpc) is 3.25. The molecule has 9 heteroatoms. The number of carbonyl (C=O) groups is 3. The van der Waals surface area contributed by atoms with E-state index < -0.39 is 28.2 Å². The Morgan fingerprint density at radius 2 is 1.67 bits per heavy atom. The highest BCUT2D eigenvalue weighted by Gasteiger charge is 2.69. The summed E-state index contributed by atoms with van der Waals surface area (Å²) in [6.07, 6.45) is 0.280. The number of halogens is 2. The molecule has 1 saturated carbocycles. The highest BCUT2D eigenvalue weighted by atomic mass is 35.5. The number of ether oxygens (including phenoxy) is 2. The van der Waals surface area contributed by atoms with Crippen LogP contribution < -0.4 is 15.4 Å². The molecule has 0 heterocycles. The quantitative estimate of drug-likeness (QED) is 0.490. The normalized spacial score (nSPS) is 18.8. The summed E-state index contributed by atoms with van der Waals surface area (Å²) in [6, 6.07) is 13.3. The number of esters is 1. The van der Waals surface area contributed by atoms with Crippen LogP contribution in [0.25, 0.3) is 0 Å². The van der Waals surface area contributed by atoms with Crippen LogP contribution in [-0.2, 0) is 14.3 Å². The predicted octanol–water partition coefficient (Wildman–Crippen LogP) is 4.01. The summed E-state index contributed by atoms with van der Waals surface area (Å²) < 4.78 is 9.05. The number of alkyl halides is 2. The SMILES string of the molecule is COc1ccccc1NC(=O)c1ccc(NC(=O)COC(=O)[C@]2(C)CC2(Cl)Cl)cc1. The van der Waals surface area contributed by atoms with E-state index in [-0.39, 0.29) is 12.3 Å². The van der Waals surface area contributed by atoms with Crippen molar-refractivity contribution in [1.82, 2.24) is 0 Å². The van der Waals surface area contributed by atoms with E-state index in [0.717, 1.165) is 0 Å². The fraction of sp³-hybridized carbons (Fsp3) is 0.286. The Bertz CT molecular complexity index is 978. The summed E-state index contributed by atoms with van der Waals surface area (Å²) in [7, 11) is 1.52. The Labute approximate surface area is 183 Å². The number of para-hydroxylation sites is 2. The zero-order valence-corrected chi connectivity index (χ0v) is 17.8. The number of nitrogens with one attached hydrogen (secondary N) is 2. The van der Waals surface area contributed by atoms with Crippen molar-refractivity contribution in [2.24, 2.45) is 5.41 Å². The first-order chi connectivity index (χ1) is 14.2. The zero-order chi connectivity index (χ0) is 21.9. The molecular formula is C21H20Cl2N2O5. The van der Waals surface area contributed by atoms with Gasteiger partial charge in [0.05, 0.1) is 12.8 Å². The molecule has 7 nitrogen and oxygen atoms in total. The molecule has 158 valence electrons. The maximum Gasteiger partial charge on any atom is 0.315 e. The molecule has 0 saturated heterocycles. The molecule has 0 unspecified atom stereocenters. The number of anilines is 2. The molecule has 2 amide bonds. The monoisotopic (exact) mass is 450 g/mol. The van der Waals surface area contributed by atoms with Crippen LogP contribution in [0, 0.1) is 5.41 Å². The smallest absolute Gasteiger partial charge is 0.315 e. The van der Waals surface area contributed by atoms with E-state index >= 15 is 0 Å². The summed E-state index contributed by atoms with van der Waals surface area (Å²) in [4.78, 5) is 36.4. The predicted molar refractivity (Wildman–Crippen MR) is 114 cm³/mol.